The third kappa shape index (κ3) is 5.68. The van der Waals surface area contributed by atoms with E-state index in [0.29, 0.717) is 18.7 Å². The van der Waals surface area contributed by atoms with Crippen LogP contribution in [-0.4, -0.2) is 42.3 Å². The van der Waals surface area contributed by atoms with E-state index in [4.69, 9.17) is 0 Å². The van der Waals surface area contributed by atoms with Gasteiger partial charge >= 0.3 is 0 Å². The number of guanidine groups is 1. The maximum Gasteiger partial charge on any atom is 0.251 e. The smallest absolute Gasteiger partial charge is 0.251 e. The molecule has 0 bridgehead atoms. The number of hydrogen-bond donors (Lipinski definition) is 3. The zero-order valence-corrected chi connectivity index (χ0v) is 16.7. The number of nitrogens with zero attached hydrogens (tertiary/aromatic N) is 3. The molecule has 0 radical (unpaired) electrons. The quantitative estimate of drug-likeness (QED) is 0.426. The first-order valence-corrected chi connectivity index (χ1v) is 9.54. The molecule has 1 aromatic heterocycles. The van der Waals surface area contributed by atoms with Crippen molar-refractivity contribution in [3.63, 3.8) is 0 Å². The molecule has 3 N–H and O–H groups in total. The summed E-state index contributed by atoms with van der Waals surface area (Å²) < 4.78 is 1.85. The minimum absolute atomic E-state index is 0.0756. The van der Waals surface area contributed by atoms with Gasteiger partial charge in [-0.15, -0.1) is 0 Å². The maximum atomic E-state index is 11.7. The molecule has 0 unspecified atom stereocenters. The topological polar surface area (TPSA) is 83.3 Å². The van der Waals surface area contributed by atoms with Gasteiger partial charge < -0.3 is 16.0 Å². The van der Waals surface area contributed by atoms with E-state index in [0.717, 1.165) is 29.2 Å². The van der Waals surface area contributed by atoms with E-state index in [-0.39, 0.29) is 5.91 Å². The van der Waals surface area contributed by atoms with Crippen molar-refractivity contribution < 1.29 is 4.79 Å². The predicted octanol–water partition coefficient (Wildman–Crippen LogP) is 2.14. The van der Waals surface area contributed by atoms with Crippen LogP contribution < -0.4 is 16.0 Å². The molecule has 1 amide bonds. The Morgan fingerprint density at radius 1 is 1.07 bits per heavy atom. The fourth-order valence-electron chi connectivity index (χ4n) is 2.92. The summed E-state index contributed by atoms with van der Waals surface area (Å²) >= 11 is 0. The van der Waals surface area contributed by atoms with Crippen LogP contribution in [-0.2, 0) is 13.0 Å². The lowest BCUT2D eigenvalue weighted by molar-refractivity contribution is 0.0963. The van der Waals surface area contributed by atoms with Gasteiger partial charge in [-0.1, -0.05) is 30.3 Å². The van der Waals surface area contributed by atoms with E-state index < -0.39 is 0 Å². The molecular weight excluding hydrogens is 364 g/mol. The molecule has 150 valence electrons. The van der Waals surface area contributed by atoms with Crippen LogP contribution in [0, 0.1) is 0 Å². The number of nitrogens with one attached hydrogen (secondary N) is 3. The van der Waals surface area contributed by atoms with Crippen molar-refractivity contribution in [1.29, 1.82) is 0 Å². The second kappa shape index (κ2) is 10.1. The SMILES string of the molecule is CN=C(NCCc1cccc(C(=O)NC)c1)NCc1cnn(-c2ccccc2)c1. The first-order valence-electron chi connectivity index (χ1n) is 9.54. The molecule has 29 heavy (non-hydrogen) atoms. The molecule has 1 heterocycles. The highest BCUT2D eigenvalue weighted by Gasteiger charge is 2.05. The normalized spacial score (nSPS) is 11.2. The summed E-state index contributed by atoms with van der Waals surface area (Å²) in [5.41, 5.74) is 3.86. The molecule has 0 aliphatic heterocycles. The first kappa shape index (κ1) is 20.1. The first-order chi connectivity index (χ1) is 14.2. The lowest BCUT2D eigenvalue weighted by atomic mass is 10.1. The standard InChI is InChI=1S/C22H26N6O/c1-23-21(29)19-8-6-7-17(13-19)11-12-25-22(24-2)26-14-18-15-27-28(16-18)20-9-4-3-5-10-20/h3-10,13,15-16H,11-12,14H2,1-2H3,(H,23,29)(H2,24,25,26). The average Bonchev–Trinajstić information content (AvgIpc) is 3.25. The Kier molecular flexibility index (Phi) is 7.00. The van der Waals surface area contributed by atoms with Gasteiger partial charge in [-0.3, -0.25) is 9.79 Å². The molecule has 7 nitrogen and oxygen atoms in total. The summed E-state index contributed by atoms with van der Waals surface area (Å²) in [7, 11) is 3.38. The van der Waals surface area contributed by atoms with Gasteiger partial charge in [0.1, 0.15) is 0 Å². The Morgan fingerprint density at radius 2 is 1.90 bits per heavy atom. The van der Waals surface area contributed by atoms with Gasteiger partial charge in [0.15, 0.2) is 5.96 Å². The van der Waals surface area contributed by atoms with E-state index in [1.165, 1.54) is 0 Å². The molecule has 0 saturated heterocycles. The molecule has 0 fully saturated rings. The highest BCUT2D eigenvalue weighted by atomic mass is 16.1. The van der Waals surface area contributed by atoms with E-state index in [1.54, 1.807) is 14.1 Å². The van der Waals surface area contributed by atoms with Gasteiger partial charge in [-0.2, -0.15) is 5.10 Å². The molecule has 2 aromatic carbocycles. The minimum Gasteiger partial charge on any atom is -0.356 e. The highest BCUT2D eigenvalue weighted by Crippen LogP contribution is 2.08. The van der Waals surface area contributed by atoms with Crippen molar-refractivity contribution in [3.8, 4) is 5.69 Å². The zero-order chi connectivity index (χ0) is 20.5. The Hall–Kier alpha value is -3.61. The Balaban J connectivity index is 1.48. The van der Waals surface area contributed by atoms with Crippen molar-refractivity contribution in [2.45, 2.75) is 13.0 Å². The van der Waals surface area contributed by atoms with Crippen molar-refractivity contribution in [2.75, 3.05) is 20.6 Å². The van der Waals surface area contributed by atoms with Crippen LogP contribution in [0.3, 0.4) is 0 Å². The van der Waals surface area contributed by atoms with Crippen LogP contribution in [0.2, 0.25) is 0 Å². The molecule has 0 aliphatic rings. The molecule has 3 rings (SSSR count). The van der Waals surface area contributed by atoms with E-state index in [9.17, 15) is 4.79 Å². The van der Waals surface area contributed by atoms with Crippen LogP contribution in [0.1, 0.15) is 21.5 Å². The molecular formula is C22H26N6O. The summed E-state index contributed by atoms with van der Waals surface area (Å²) in [6.07, 6.45) is 4.63. The third-order valence-corrected chi connectivity index (χ3v) is 4.46. The highest BCUT2D eigenvalue weighted by molar-refractivity contribution is 5.94. The van der Waals surface area contributed by atoms with E-state index >= 15 is 0 Å². The minimum atomic E-state index is -0.0756. The lowest BCUT2D eigenvalue weighted by Gasteiger charge is -2.11. The van der Waals surface area contributed by atoms with Crippen LogP contribution in [0.15, 0.2) is 72.0 Å². The fraction of sp³-hybridized carbons (Fsp3) is 0.227. The number of carbonyl (C=O) groups is 1. The molecule has 3 aromatic rings. The number of hydrogen-bond acceptors (Lipinski definition) is 3. The number of aromatic nitrogens is 2. The predicted molar refractivity (Wildman–Crippen MR) is 115 cm³/mol. The van der Waals surface area contributed by atoms with Gasteiger partial charge in [0.25, 0.3) is 5.91 Å². The van der Waals surface area contributed by atoms with Crippen LogP contribution in [0.25, 0.3) is 5.69 Å². The summed E-state index contributed by atoms with van der Waals surface area (Å²) in [6.45, 7) is 1.33. The van der Waals surface area contributed by atoms with Crippen molar-refractivity contribution in [3.05, 3.63) is 83.7 Å². The summed E-state index contributed by atoms with van der Waals surface area (Å²) in [4.78, 5) is 16.0. The Bertz CT molecular complexity index is 964. The van der Waals surface area contributed by atoms with Gasteiger partial charge in [0.2, 0.25) is 0 Å². The van der Waals surface area contributed by atoms with Gasteiger partial charge in [-0.05, 0) is 36.2 Å². The maximum absolute atomic E-state index is 11.7. The van der Waals surface area contributed by atoms with Crippen molar-refractivity contribution in [1.82, 2.24) is 25.7 Å². The van der Waals surface area contributed by atoms with E-state index in [1.807, 2.05) is 71.7 Å². The average molecular weight is 390 g/mol. The number of carbonyl (C=O) groups excluding carboxylic acids is 1. The number of aliphatic imine (C=N–C) groups is 1. The lowest BCUT2D eigenvalue weighted by Crippen LogP contribution is -2.37. The van der Waals surface area contributed by atoms with Crippen molar-refractivity contribution in [2.24, 2.45) is 4.99 Å². The molecule has 0 saturated carbocycles. The monoisotopic (exact) mass is 390 g/mol. The second-order valence-electron chi connectivity index (χ2n) is 6.51. The summed E-state index contributed by atoms with van der Waals surface area (Å²) in [5.74, 6) is 0.647. The zero-order valence-electron chi connectivity index (χ0n) is 16.7. The Labute approximate surface area is 170 Å². The van der Waals surface area contributed by atoms with Gasteiger partial charge in [0.05, 0.1) is 11.9 Å². The van der Waals surface area contributed by atoms with E-state index in [2.05, 4.69) is 26.0 Å². The number of amides is 1. The number of para-hydroxylation sites is 1. The third-order valence-electron chi connectivity index (χ3n) is 4.46. The van der Waals surface area contributed by atoms with Crippen LogP contribution in [0.5, 0.6) is 0 Å². The van der Waals surface area contributed by atoms with Crippen LogP contribution >= 0.6 is 0 Å². The van der Waals surface area contributed by atoms with Gasteiger partial charge in [-0.25, -0.2) is 4.68 Å². The Morgan fingerprint density at radius 3 is 2.66 bits per heavy atom. The number of benzene rings is 2. The largest absolute Gasteiger partial charge is 0.356 e. The molecule has 7 heteroatoms. The van der Waals surface area contributed by atoms with Gasteiger partial charge in [0, 0.05) is 44.5 Å². The second-order valence-corrected chi connectivity index (χ2v) is 6.51. The molecule has 0 atom stereocenters. The number of rotatable bonds is 7. The molecule has 0 spiro atoms. The molecule has 0 aliphatic carbocycles. The van der Waals surface area contributed by atoms with Crippen LogP contribution in [0.4, 0.5) is 0 Å². The summed E-state index contributed by atoms with van der Waals surface area (Å²) in [6, 6.07) is 17.6. The summed E-state index contributed by atoms with van der Waals surface area (Å²) in [5, 5.41) is 13.6. The fourth-order valence-corrected chi connectivity index (χ4v) is 2.92. The van der Waals surface area contributed by atoms with Crippen molar-refractivity contribution >= 4 is 11.9 Å².